The third-order valence-corrected chi connectivity index (χ3v) is 5.01. The molecular formula is C19H16N4O2S. The average Bonchev–Trinajstić information content (AvgIpc) is 2.64. The summed E-state index contributed by atoms with van der Waals surface area (Å²) in [6, 6.07) is 19.0. The molecular weight excluding hydrogens is 348 g/mol. The number of hydrogen-bond donors (Lipinski definition) is 2. The highest BCUT2D eigenvalue weighted by Crippen LogP contribution is 2.19. The number of aromatic nitrogens is 1. The van der Waals surface area contributed by atoms with Gasteiger partial charge < -0.3 is 5.32 Å². The Balaban J connectivity index is 1.73. The second-order valence-electron chi connectivity index (χ2n) is 5.67. The van der Waals surface area contributed by atoms with Gasteiger partial charge in [-0.25, -0.2) is 13.4 Å². The standard InChI is InChI=1S/C19H16N4O2S/c1-14-5-8-18(9-6-14)26(24,25)23-17-7-10-19(21-13-17)22-16-4-2-3-15(11-16)12-20/h2-11,13,23H,1H3,(H,21,22). The third kappa shape index (κ3) is 4.18. The van der Waals surface area contributed by atoms with E-state index in [9.17, 15) is 8.42 Å². The molecule has 1 aromatic heterocycles. The van der Waals surface area contributed by atoms with Crippen LogP contribution in [0.15, 0.2) is 71.8 Å². The van der Waals surface area contributed by atoms with Crippen molar-refractivity contribution in [3.63, 3.8) is 0 Å². The maximum atomic E-state index is 12.4. The molecule has 0 saturated carbocycles. The van der Waals surface area contributed by atoms with Crippen LogP contribution in [0.2, 0.25) is 0 Å². The molecule has 0 bridgehead atoms. The quantitative estimate of drug-likeness (QED) is 0.718. The lowest BCUT2D eigenvalue weighted by atomic mass is 10.2. The first-order chi connectivity index (χ1) is 12.5. The molecule has 0 atom stereocenters. The van der Waals surface area contributed by atoms with Crippen molar-refractivity contribution < 1.29 is 8.42 Å². The van der Waals surface area contributed by atoms with Gasteiger partial charge in [0.2, 0.25) is 0 Å². The lowest BCUT2D eigenvalue weighted by Crippen LogP contribution is -2.13. The molecule has 0 fully saturated rings. The predicted octanol–water partition coefficient (Wildman–Crippen LogP) is 3.81. The van der Waals surface area contributed by atoms with E-state index >= 15 is 0 Å². The maximum Gasteiger partial charge on any atom is 0.261 e. The molecule has 26 heavy (non-hydrogen) atoms. The summed E-state index contributed by atoms with van der Waals surface area (Å²) in [4.78, 5) is 4.39. The van der Waals surface area contributed by atoms with Gasteiger partial charge in [-0.3, -0.25) is 4.72 Å². The second kappa shape index (κ2) is 7.25. The van der Waals surface area contributed by atoms with Gasteiger partial charge in [-0.2, -0.15) is 5.26 Å². The van der Waals surface area contributed by atoms with Gasteiger partial charge in [0.1, 0.15) is 5.82 Å². The molecule has 2 N–H and O–H groups in total. The topological polar surface area (TPSA) is 94.9 Å². The minimum absolute atomic E-state index is 0.193. The monoisotopic (exact) mass is 364 g/mol. The highest BCUT2D eigenvalue weighted by atomic mass is 32.2. The van der Waals surface area contributed by atoms with Crippen molar-refractivity contribution in [1.82, 2.24) is 4.98 Å². The number of benzene rings is 2. The summed E-state index contributed by atoms with van der Waals surface area (Å²) in [6.45, 7) is 1.89. The zero-order chi connectivity index (χ0) is 18.6. The number of sulfonamides is 1. The van der Waals surface area contributed by atoms with E-state index in [1.54, 1.807) is 54.6 Å². The number of rotatable bonds is 5. The van der Waals surface area contributed by atoms with Crippen LogP contribution in [0.5, 0.6) is 0 Å². The molecule has 1 heterocycles. The number of nitrogens with zero attached hydrogens (tertiary/aromatic N) is 2. The van der Waals surface area contributed by atoms with E-state index in [-0.39, 0.29) is 4.90 Å². The van der Waals surface area contributed by atoms with E-state index in [1.807, 2.05) is 13.0 Å². The van der Waals surface area contributed by atoms with E-state index in [4.69, 9.17) is 5.26 Å². The van der Waals surface area contributed by atoms with E-state index in [0.717, 1.165) is 11.3 Å². The van der Waals surface area contributed by atoms with Crippen molar-refractivity contribution >= 4 is 27.2 Å². The molecule has 3 rings (SSSR count). The van der Waals surface area contributed by atoms with Crippen molar-refractivity contribution in [3.05, 3.63) is 78.0 Å². The van der Waals surface area contributed by atoms with E-state index in [0.29, 0.717) is 17.1 Å². The Morgan fingerprint density at radius 3 is 2.42 bits per heavy atom. The highest BCUT2D eigenvalue weighted by molar-refractivity contribution is 7.92. The SMILES string of the molecule is Cc1ccc(S(=O)(=O)Nc2ccc(Nc3cccc(C#N)c3)nc2)cc1. The lowest BCUT2D eigenvalue weighted by molar-refractivity contribution is 0.601. The zero-order valence-electron chi connectivity index (χ0n) is 14.0. The van der Waals surface area contributed by atoms with Crippen LogP contribution in [0.4, 0.5) is 17.2 Å². The number of aryl methyl sites for hydroxylation is 1. The molecule has 130 valence electrons. The molecule has 0 aliphatic heterocycles. The first-order valence-electron chi connectivity index (χ1n) is 7.79. The summed E-state index contributed by atoms with van der Waals surface area (Å²) in [7, 11) is -3.66. The summed E-state index contributed by atoms with van der Waals surface area (Å²) in [6.07, 6.45) is 1.43. The van der Waals surface area contributed by atoms with Crippen LogP contribution in [-0.4, -0.2) is 13.4 Å². The average molecular weight is 364 g/mol. The molecule has 3 aromatic rings. The Kier molecular flexibility index (Phi) is 4.87. The summed E-state index contributed by atoms with van der Waals surface area (Å²) >= 11 is 0. The maximum absolute atomic E-state index is 12.4. The fourth-order valence-electron chi connectivity index (χ4n) is 2.27. The smallest absolute Gasteiger partial charge is 0.261 e. The van der Waals surface area contributed by atoms with Gasteiger partial charge in [-0.05, 0) is 49.4 Å². The number of nitriles is 1. The minimum Gasteiger partial charge on any atom is -0.340 e. The number of nitrogens with one attached hydrogen (secondary N) is 2. The van der Waals surface area contributed by atoms with E-state index < -0.39 is 10.0 Å². The Morgan fingerprint density at radius 2 is 1.77 bits per heavy atom. The second-order valence-corrected chi connectivity index (χ2v) is 7.35. The molecule has 0 saturated heterocycles. The molecule has 0 amide bonds. The molecule has 2 aromatic carbocycles. The molecule has 0 aliphatic carbocycles. The van der Waals surface area contributed by atoms with Crippen LogP contribution < -0.4 is 10.0 Å². The Bertz CT molecular complexity index is 1050. The van der Waals surface area contributed by atoms with Crippen LogP contribution in [0, 0.1) is 18.3 Å². The third-order valence-electron chi connectivity index (χ3n) is 3.61. The van der Waals surface area contributed by atoms with Crippen LogP contribution in [0.1, 0.15) is 11.1 Å². The van der Waals surface area contributed by atoms with Crippen molar-refractivity contribution in [2.24, 2.45) is 0 Å². The van der Waals surface area contributed by atoms with Crippen LogP contribution in [0.25, 0.3) is 0 Å². The van der Waals surface area contributed by atoms with E-state index in [1.165, 1.54) is 6.20 Å². The van der Waals surface area contributed by atoms with Gasteiger partial charge in [0.15, 0.2) is 0 Å². The molecule has 6 nitrogen and oxygen atoms in total. The van der Waals surface area contributed by atoms with Gasteiger partial charge in [-0.15, -0.1) is 0 Å². The van der Waals surface area contributed by atoms with E-state index in [2.05, 4.69) is 21.1 Å². The zero-order valence-corrected chi connectivity index (χ0v) is 14.8. The summed E-state index contributed by atoms with van der Waals surface area (Å²) in [5.74, 6) is 0.540. The fraction of sp³-hybridized carbons (Fsp3) is 0.0526. The molecule has 0 aliphatic rings. The summed E-state index contributed by atoms with van der Waals surface area (Å²) in [5.41, 5.74) is 2.62. The van der Waals surface area contributed by atoms with Crippen molar-refractivity contribution in [1.29, 1.82) is 5.26 Å². The Labute approximate surface area is 152 Å². The molecule has 7 heteroatoms. The summed E-state index contributed by atoms with van der Waals surface area (Å²) in [5, 5.41) is 12.0. The number of pyridine rings is 1. The largest absolute Gasteiger partial charge is 0.340 e. The lowest BCUT2D eigenvalue weighted by Gasteiger charge is -2.10. The van der Waals surface area contributed by atoms with Gasteiger partial charge >= 0.3 is 0 Å². The van der Waals surface area contributed by atoms with Gasteiger partial charge in [0.25, 0.3) is 10.0 Å². The number of hydrogen-bond acceptors (Lipinski definition) is 5. The molecule has 0 unspecified atom stereocenters. The van der Waals surface area contributed by atoms with Gasteiger partial charge in [-0.1, -0.05) is 23.8 Å². The minimum atomic E-state index is -3.66. The van der Waals surface area contributed by atoms with Gasteiger partial charge in [0, 0.05) is 5.69 Å². The van der Waals surface area contributed by atoms with Crippen LogP contribution >= 0.6 is 0 Å². The normalized spacial score (nSPS) is 10.8. The number of anilines is 3. The Morgan fingerprint density at radius 1 is 1.00 bits per heavy atom. The first-order valence-corrected chi connectivity index (χ1v) is 9.27. The fourth-order valence-corrected chi connectivity index (χ4v) is 3.32. The Hall–Kier alpha value is -3.37. The van der Waals surface area contributed by atoms with Crippen LogP contribution in [-0.2, 0) is 10.0 Å². The highest BCUT2D eigenvalue weighted by Gasteiger charge is 2.13. The summed E-state index contributed by atoms with van der Waals surface area (Å²) < 4.78 is 27.3. The van der Waals surface area contributed by atoms with Crippen molar-refractivity contribution in [2.45, 2.75) is 11.8 Å². The predicted molar refractivity (Wildman–Crippen MR) is 101 cm³/mol. The molecule has 0 spiro atoms. The van der Waals surface area contributed by atoms with Gasteiger partial charge in [0.05, 0.1) is 28.4 Å². The van der Waals surface area contributed by atoms with Crippen LogP contribution in [0.3, 0.4) is 0 Å². The van der Waals surface area contributed by atoms with Crippen molar-refractivity contribution in [3.8, 4) is 6.07 Å². The van der Waals surface area contributed by atoms with Crippen molar-refractivity contribution in [2.75, 3.05) is 10.0 Å². The first kappa shape index (κ1) is 17.5. The molecule has 0 radical (unpaired) electrons.